The second-order valence-electron chi connectivity index (χ2n) is 10.2. The molecule has 1 aromatic heterocycles. The molecule has 0 aliphatic rings. The van der Waals surface area contributed by atoms with Gasteiger partial charge in [-0.2, -0.15) is 0 Å². The molecule has 0 saturated heterocycles. The Balaban J connectivity index is 1.48. The van der Waals surface area contributed by atoms with Gasteiger partial charge in [0.05, 0.1) is 38.7 Å². The lowest BCUT2D eigenvalue weighted by Crippen LogP contribution is -2.10. The zero-order valence-corrected chi connectivity index (χ0v) is 22.7. The van der Waals surface area contributed by atoms with E-state index in [9.17, 15) is 4.11 Å². The molecule has 0 fully saturated rings. The highest BCUT2D eigenvalue weighted by atomic mass is 16.3. The van der Waals surface area contributed by atoms with Gasteiger partial charge in [0, 0.05) is 21.8 Å². The van der Waals surface area contributed by atoms with Gasteiger partial charge in [-0.3, -0.25) is 0 Å². The van der Waals surface area contributed by atoms with Crippen molar-refractivity contribution < 1.29 is 26.3 Å². The Hall–Kier alpha value is -5.86. The first kappa shape index (κ1) is 13.6. The number of nitrogens with zero attached hydrogens (tertiary/aromatic N) is 1. The molecule has 0 atom stereocenters. The summed E-state index contributed by atoms with van der Waals surface area (Å²) in [4.78, 5) is 1.21. The monoisotopic (exact) mass is 577 g/mol. The lowest BCUT2D eigenvalue weighted by Gasteiger charge is -2.27. The van der Waals surface area contributed by atoms with Gasteiger partial charge in [0.1, 0.15) is 11.2 Å². The van der Waals surface area contributed by atoms with E-state index in [1.165, 1.54) is 4.90 Å². The summed E-state index contributed by atoms with van der Waals surface area (Å²) in [5.74, 6) is 0. The first-order valence-electron chi connectivity index (χ1n) is 21.7. The molecule has 206 valence electrons. The molecule has 1 heterocycles. The standard InChI is InChI=1S/C42H27NO/c1-2-12-32-27-33(20-19-28(32)9-1)29-21-24-34(25-22-29)43(38-16-7-13-30-10-3-5-14-35(30)38)39-17-8-18-40-41(39)37-26-23-31-11-4-6-15-36(31)42(37)44-40/h1-27H/i3D,4D,5D,6D,7D,8D,10D,11D,13D,14D,15D,16D,17D,18D,23D,26D. The predicted octanol–water partition coefficient (Wildman–Crippen LogP) is 12.2. The zero-order valence-electron chi connectivity index (χ0n) is 38.7. The molecule has 0 N–H and O–H groups in total. The average Bonchev–Trinajstić information content (AvgIpc) is 3.65. The lowest BCUT2D eigenvalue weighted by atomic mass is 10.00. The van der Waals surface area contributed by atoms with Crippen LogP contribution in [-0.2, 0) is 0 Å². The third-order valence-corrected chi connectivity index (χ3v) is 7.68. The first-order chi connectivity index (χ1) is 28.5. The van der Waals surface area contributed by atoms with Crippen molar-refractivity contribution in [2.24, 2.45) is 0 Å². The van der Waals surface area contributed by atoms with Crippen molar-refractivity contribution in [1.29, 1.82) is 0 Å². The van der Waals surface area contributed by atoms with Gasteiger partial charge < -0.3 is 9.32 Å². The van der Waals surface area contributed by atoms with E-state index in [-0.39, 0.29) is 43.9 Å². The molecule has 0 aliphatic heterocycles. The molecule has 0 spiro atoms. The maximum absolute atomic E-state index is 9.47. The van der Waals surface area contributed by atoms with Gasteiger partial charge >= 0.3 is 0 Å². The van der Waals surface area contributed by atoms with Crippen molar-refractivity contribution in [3.8, 4) is 11.1 Å². The van der Waals surface area contributed by atoms with E-state index in [1.54, 1.807) is 24.3 Å². The highest BCUT2D eigenvalue weighted by Crippen LogP contribution is 2.46. The van der Waals surface area contributed by atoms with E-state index in [2.05, 4.69) is 0 Å². The van der Waals surface area contributed by atoms with Crippen LogP contribution in [0.25, 0.3) is 65.4 Å². The highest BCUT2D eigenvalue weighted by Gasteiger charge is 2.21. The number of rotatable bonds is 4. The Kier molecular flexibility index (Phi) is 3.05. The molecule has 0 amide bonds. The number of furan rings is 1. The third kappa shape index (κ3) is 3.89. The van der Waals surface area contributed by atoms with Crippen LogP contribution in [0, 0.1) is 0 Å². The number of hydrogen-bond donors (Lipinski definition) is 0. The van der Waals surface area contributed by atoms with E-state index >= 15 is 0 Å². The molecule has 9 aromatic rings. The predicted molar refractivity (Wildman–Crippen MR) is 186 cm³/mol. The van der Waals surface area contributed by atoms with Crippen molar-refractivity contribution in [2.75, 3.05) is 4.90 Å². The average molecular weight is 578 g/mol. The van der Waals surface area contributed by atoms with Crippen molar-refractivity contribution in [3.63, 3.8) is 0 Å². The Morgan fingerprint density at radius 2 is 1.16 bits per heavy atom. The third-order valence-electron chi connectivity index (χ3n) is 7.68. The highest BCUT2D eigenvalue weighted by molar-refractivity contribution is 6.20. The fourth-order valence-electron chi connectivity index (χ4n) is 5.63. The summed E-state index contributed by atoms with van der Waals surface area (Å²) < 4.78 is 148. The second kappa shape index (κ2) is 9.86. The summed E-state index contributed by atoms with van der Waals surface area (Å²) in [7, 11) is 0. The van der Waals surface area contributed by atoms with Gasteiger partial charge in [0.2, 0.25) is 0 Å². The van der Waals surface area contributed by atoms with Crippen LogP contribution in [0.4, 0.5) is 17.1 Å². The summed E-state index contributed by atoms with van der Waals surface area (Å²) in [5, 5.41) is 0.125. The number of fused-ring (bicyclic) bond motifs is 7. The van der Waals surface area contributed by atoms with E-state index in [0.29, 0.717) is 0 Å². The Labute approximate surface area is 277 Å². The number of anilines is 3. The zero-order chi connectivity index (χ0) is 43.0. The van der Waals surface area contributed by atoms with Crippen LogP contribution in [0.2, 0.25) is 0 Å². The van der Waals surface area contributed by atoms with Crippen molar-refractivity contribution in [3.05, 3.63) is 163 Å². The normalized spacial score (nSPS) is 16.7. The first-order valence-corrected chi connectivity index (χ1v) is 13.7. The van der Waals surface area contributed by atoms with Crippen molar-refractivity contribution in [1.82, 2.24) is 0 Å². The Bertz CT molecular complexity index is 3390. The molecule has 0 saturated carbocycles. The molecule has 0 bridgehead atoms. The molecule has 9 rings (SSSR count). The second-order valence-corrected chi connectivity index (χ2v) is 10.2. The van der Waals surface area contributed by atoms with Crippen LogP contribution in [-0.4, -0.2) is 0 Å². The summed E-state index contributed by atoms with van der Waals surface area (Å²) in [6.45, 7) is 0. The van der Waals surface area contributed by atoms with Gasteiger partial charge in [0.15, 0.2) is 0 Å². The van der Waals surface area contributed by atoms with E-state index in [4.69, 9.17) is 22.2 Å². The molecular formula is C42H27NO. The van der Waals surface area contributed by atoms with Gasteiger partial charge in [-0.15, -0.1) is 0 Å². The van der Waals surface area contributed by atoms with Crippen LogP contribution in [0.1, 0.15) is 21.9 Å². The van der Waals surface area contributed by atoms with Crippen molar-refractivity contribution >= 4 is 71.3 Å². The molecule has 8 aromatic carbocycles. The molecular weight excluding hydrogens is 534 g/mol. The molecule has 0 aliphatic carbocycles. The molecule has 2 heteroatoms. The number of hydrogen-bond acceptors (Lipinski definition) is 2. The largest absolute Gasteiger partial charge is 0.455 e. The fraction of sp³-hybridized carbons (Fsp3) is 0. The Morgan fingerprint density at radius 1 is 0.477 bits per heavy atom. The number of benzene rings is 8. The Morgan fingerprint density at radius 3 is 2.02 bits per heavy atom. The van der Waals surface area contributed by atoms with Crippen LogP contribution in [0.3, 0.4) is 0 Å². The van der Waals surface area contributed by atoms with E-state index in [1.807, 2.05) is 42.5 Å². The van der Waals surface area contributed by atoms with Crippen molar-refractivity contribution in [2.45, 2.75) is 0 Å². The topological polar surface area (TPSA) is 16.4 Å². The fourth-order valence-corrected chi connectivity index (χ4v) is 5.63. The minimum absolute atomic E-state index is 0.125. The van der Waals surface area contributed by atoms with Crippen LogP contribution in [0.5, 0.6) is 0 Å². The van der Waals surface area contributed by atoms with Crippen LogP contribution in [0.15, 0.2) is 168 Å². The molecule has 0 unspecified atom stereocenters. The molecule has 2 nitrogen and oxygen atoms in total. The van der Waals surface area contributed by atoms with Gasteiger partial charge in [-0.25, -0.2) is 0 Å². The summed E-state index contributed by atoms with van der Waals surface area (Å²) in [5.41, 5.74) is 0.196. The summed E-state index contributed by atoms with van der Waals surface area (Å²) in [6.07, 6.45) is 0. The SMILES string of the molecule is [2H]c1c([2H])c(N(c2ccc(-c3ccc4ccccc4c3)cc2)c2c([2H])c([2H])c([2H])c3c([2H])c([2H])c([2H])c([2H])c23)c2c(oc3c4c([2H])c([2H])c([2H])c([2H])c4c([2H])c([2H])c32)c1[2H]. The minimum atomic E-state index is -0.722. The van der Waals surface area contributed by atoms with Crippen LogP contribution < -0.4 is 4.90 Å². The summed E-state index contributed by atoms with van der Waals surface area (Å²) in [6, 6.07) is 9.75. The maximum Gasteiger partial charge on any atom is 0.143 e. The van der Waals surface area contributed by atoms with E-state index in [0.717, 1.165) is 21.9 Å². The maximum atomic E-state index is 9.47. The quantitative estimate of drug-likeness (QED) is 0.207. The minimum Gasteiger partial charge on any atom is -0.455 e. The molecule has 44 heavy (non-hydrogen) atoms. The van der Waals surface area contributed by atoms with E-state index < -0.39 is 113 Å². The smallest absolute Gasteiger partial charge is 0.143 e. The van der Waals surface area contributed by atoms with Gasteiger partial charge in [0.25, 0.3) is 0 Å². The van der Waals surface area contributed by atoms with Crippen LogP contribution >= 0.6 is 0 Å². The van der Waals surface area contributed by atoms with Gasteiger partial charge in [-0.1, -0.05) is 121 Å². The van der Waals surface area contributed by atoms with Gasteiger partial charge in [-0.05, 0) is 75.0 Å². The lowest BCUT2D eigenvalue weighted by molar-refractivity contribution is 0.672. The summed E-state index contributed by atoms with van der Waals surface area (Å²) >= 11 is 0. The molecule has 0 radical (unpaired) electrons.